The molecule has 1 N–H and O–H groups in total. The second-order valence-electron chi connectivity index (χ2n) is 5.85. The van der Waals surface area contributed by atoms with Crippen LogP contribution in [0.15, 0.2) is 22.8 Å². The third kappa shape index (κ3) is 2.44. The number of methoxy groups -OCH3 is 2. The first-order valence-corrected chi connectivity index (χ1v) is 7.34. The summed E-state index contributed by atoms with van der Waals surface area (Å²) >= 11 is 0. The van der Waals surface area contributed by atoms with E-state index in [0.717, 1.165) is 14.2 Å². The van der Waals surface area contributed by atoms with Gasteiger partial charge in [-0.1, -0.05) is 6.92 Å². The molecule has 1 aliphatic carbocycles. The number of ether oxygens (including phenoxy) is 2. The van der Waals surface area contributed by atoms with Crippen molar-refractivity contribution in [3.05, 3.63) is 34.3 Å². The van der Waals surface area contributed by atoms with E-state index in [-0.39, 0.29) is 12.2 Å². The average molecular weight is 341 g/mol. The van der Waals surface area contributed by atoms with E-state index < -0.39 is 46.3 Å². The predicted octanol–water partition coefficient (Wildman–Crippen LogP) is 0.742. The number of hydrogen-bond donors (Lipinski definition) is 1. The van der Waals surface area contributed by atoms with Crippen LogP contribution >= 0.6 is 0 Å². The molecule has 9 nitrogen and oxygen atoms in total. The topological polar surface area (TPSA) is 129 Å². The Balaban J connectivity index is 2.77. The van der Waals surface area contributed by atoms with E-state index in [1.165, 1.54) is 18.4 Å². The van der Waals surface area contributed by atoms with Gasteiger partial charge in [0.2, 0.25) is 11.5 Å². The smallest absolute Gasteiger partial charge is 0.326 e. The molecule has 1 aliphatic rings. The molecule has 4 atom stereocenters. The number of carbonyl (C=O) groups excluding carboxylic acids is 2. The number of aliphatic hydroxyl groups excluding tert-OH is 1. The van der Waals surface area contributed by atoms with E-state index >= 15 is 0 Å². The van der Waals surface area contributed by atoms with Crippen LogP contribution < -0.4 is 0 Å². The fourth-order valence-electron chi connectivity index (χ4n) is 3.62. The Bertz CT molecular complexity index is 609. The summed E-state index contributed by atoms with van der Waals surface area (Å²) in [5, 5.41) is 22.3. The number of esters is 2. The molecule has 1 aromatic rings. The molecule has 0 radical (unpaired) electrons. The van der Waals surface area contributed by atoms with E-state index in [1.54, 1.807) is 6.92 Å². The maximum atomic E-state index is 12.5. The molecule has 1 saturated carbocycles. The lowest BCUT2D eigenvalue weighted by atomic mass is 9.58. The lowest BCUT2D eigenvalue weighted by Crippen LogP contribution is -2.62. The molecule has 132 valence electrons. The maximum Gasteiger partial charge on any atom is 0.326 e. The highest BCUT2D eigenvalue weighted by atomic mass is 16.6. The van der Waals surface area contributed by atoms with Crippen LogP contribution in [0.25, 0.3) is 0 Å². The molecule has 0 spiro atoms. The molecule has 0 saturated heterocycles. The number of carbonyl (C=O) groups is 2. The summed E-state index contributed by atoms with van der Waals surface area (Å²) in [6, 6.07) is 1.57. The van der Waals surface area contributed by atoms with E-state index in [0.29, 0.717) is 0 Å². The van der Waals surface area contributed by atoms with Crippen molar-refractivity contribution in [2.75, 3.05) is 14.2 Å². The number of furan rings is 1. The zero-order valence-electron chi connectivity index (χ0n) is 13.5. The molecule has 0 bridgehead atoms. The largest absolute Gasteiger partial charge is 0.469 e. The first-order valence-electron chi connectivity index (χ1n) is 7.34. The number of nitro groups is 1. The summed E-state index contributed by atoms with van der Waals surface area (Å²) in [6.45, 7) is 1.57. The average Bonchev–Trinajstić information content (AvgIpc) is 3.06. The second kappa shape index (κ2) is 6.60. The zero-order valence-corrected chi connectivity index (χ0v) is 13.5. The molecule has 1 heterocycles. The molecule has 2 rings (SSSR count). The van der Waals surface area contributed by atoms with Gasteiger partial charge in [0, 0.05) is 10.8 Å². The van der Waals surface area contributed by atoms with Crippen LogP contribution in [0.4, 0.5) is 0 Å². The molecule has 0 amide bonds. The molecular formula is C15H19NO8. The zero-order chi connectivity index (χ0) is 18.1. The van der Waals surface area contributed by atoms with Crippen molar-refractivity contribution in [2.45, 2.75) is 31.4 Å². The standard InChI is InChI=1S/C15H19NO8/c1-8-7-10(17)15(13(18)22-2,14(19)23-3)11(12(8)16(20)21)9-5-4-6-24-9/h4-6,8,10-12,17H,7H2,1-3H3/t8-,10+,11-,12-/m0/s1. The fourth-order valence-corrected chi connectivity index (χ4v) is 3.62. The minimum Gasteiger partial charge on any atom is -0.469 e. The third-order valence-electron chi connectivity index (χ3n) is 4.68. The van der Waals surface area contributed by atoms with Crippen LogP contribution in [-0.4, -0.2) is 48.3 Å². The van der Waals surface area contributed by atoms with Crippen molar-refractivity contribution in [3.63, 3.8) is 0 Å². The second-order valence-corrected chi connectivity index (χ2v) is 5.85. The summed E-state index contributed by atoms with van der Waals surface area (Å²) in [7, 11) is 2.08. The first-order chi connectivity index (χ1) is 11.3. The third-order valence-corrected chi connectivity index (χ3v) is 4.68. The van der Waals surface area contributed by atoms with Gasteiger partial charge in [-0.3, -0.25) is 19.7 Å². The van der Waals surface area contributed by atoms with Gasteiger partial charge in [0.15, 0.2) is 0 Å². The normalized spacial score (nSPS) is 28.8. The summed E-state index contributed by atoms with van der Waals surface area (Å²) in [6.07, 6.45) is -0.372. The van der Waals surface area contributed by atoms with Crippen LogP contribution in [0, 0.1) is 21.4 Å². The number of hydrogen-bond acceptors (Lipinski definition) is 8. The molecule has 0 aliphatic heterocycles. The molecule has 1 aromatic heterocycles. The van der Waals surface area contributed by atoms with E-state index in [9.17, 15) is 24.8 Å². The summed E-state index contributed by atoms with van der Waals surface area (Å²) < 4.78 is 14.7. The van der Waals surface area contributed by atoms with Crippen molar-refractivity contribution in [1.82, 2.24) is 0 Å². The first kappa shape index (κ1) is 17.9. The Morgan fingerprint density at radius 1 is 1.38 bits per heavy atom. The highest BCUT2D eigenvalue weighted by molar-refractivity contribution is 6.02. The van der Waals surface area contributed by atoms with Crippen LogP contribution in [0.5, 0.6) is 0 Å². The van der Waals surface area contributed by atoms with E-state index in [2.05, 4.69) is 0 Å². The fraction of sp³-hybridized carbons (Fsp3) is 0.600. The highest BCUT2D eigenvalue weighted by Gasteiger charge is 2.69. The van der Waals surface area contributed by atoms with E-state index in [4.69, 9.17) is 13.9 Å². The van der Waals surface area contributed by atoms with Gasteiger partial charge in [0.1, 0.15) is 11.7 Å². The van der Waals surface area contributed by atoms with Crippen molar-refractivity contribution in [3.8, 4) is 0 Å². The lowest BCUT2D eigenvalue weighted by Gasteiger charge is -2.44. The van der Waals surface area contributed by atoms with Gasteiger partial charge in [0.05, 0.1) is 26.6 Å². The SMILES string of the molecule is COC(=O)C1(C(=O)OC)[C@H](O)C[C@H](C)[C@H]([N+](=O)[O-])[C@@H]1c1ccco1. The summed E-state index contributed by atoms with van der Waals surface area (Å²) in [5.41, 5.74) is -2.27. The van der Waals surface area contributed by atoms with E-state index in [1.807, 2.05) is 0 Å². The Hall–Kier alpha value is -2.42. The van der Waals surface area contributed by atoms with Crippen molar-refractivity contribution >= 4 is 11.9 Å². The van der Waals surface area contributed by atoms with Gasteiger partial charge in [-0.15, -0.1) is 0 Å². The van der Waals surface area contributed by atoms with Gasteiger partial charge < -0.3 is 19.0 Å². The van der Waals surface area contributed by atoms with Gasteiger partial charge in [-0.05, 0) is 18.6 Å². The van der Waals surface area contributed by atoms with Crippen LogP contribution in [-0.2, 0) is 19.1 Å². The molecule has 1 fully saturated rings. The quantitative estimate of drug-likeness (QED) is 0.367. The predicted molar refractivity (Wildman–Crippen MR) is 78.5 cm³/mol. The van der Waals surface area contributed by atoms with Gasteiger partial charge in [0.25, 0.3) is 0 Å². The number of nitrogens with zero attached hydrogens (tertiary/aromatic N) is 1. The Morgan fingerprint density at radius 2 is 1.96 bits per heavy atom. The maximum absolute atomic E-state index is 12.5. The van der Waals surface area contributed by atoms with Crippen LogP contribution in [0.3, 0.4) is 0 Å². The van der Waals surface area contributed by atoms with Gasteiger partial charge in [-0.25, -0.2) is 0 Å². The lowest BCUT2D eigenvalue weighted by molar-refractivity contribution is -0.543. The van der Waals surface area contributed by atoms with Gasteiger partial charge >= 0.3 is 11.9 Å². The molecule has 9 heteroatoms. The monoisotopic (exact) mass is 341 g/mol. The summed E-state index contributed by atoms with van der Waals surface area (Å²) in [4.78, 5) is 36.2. The Kier molecular flexibility index (Phi) is 4.93. The molecule has 0 unspecified atom stereocenters. The number of rotatable bonds is 4. The Morgan fingerprint density at radius 3 is 2.38 bits per heavy atom. The van der Waals surface area contributed by atoms with Crippen molar-refractivity contribution < 1.29 is 33.5 Å². The molecule has 0 aromatic carbocycles. The van der Waals surface area contributed by atoms with Crippen molar-refractivity contribution in [1.29, 1.82) is 0 Å². The minimum atomic E-state index is -2.27. The highest BCUT2D eigenvalue weighted by Crippen LogP contribution is 2.52. The minimum absolute atomic E-state index is 0.0399. The molecule has 24 heavy (non-hydrogen) atoms. The molecular weight excluding hydrogens is 322 g/mol. The van der Waals surface area contributed by atoms with Gasteiger partial charge in [-0.2, -0.15) is 0 Å². The van der Waals surface area contributed by atoms with Crippen molar-refractivity contribution in [2.24, 2.45) is 11.3 Å². The van der Waals surface area contributed by atoms with Crippen LogP contribution in [0.2, 0.25) is 0 Å². The Labute approximate surface area is 137 Å². The summed E-state index contributed by atoms with van der Waals surface area (Å²) in [5.74, 6) is -4.12. The van der Waals surface area contributed by atoms with Crippen LogP contribution in [0.1, 0.15) is 25.0 Å². The number of aliphatic hydroxyl groups is 1.